The minimum atomic E-state index is -0.0486. The minimum Gasteiger partial charge on any atom is -0.493 e. The van der Waals surface area contributed by atoms with Gasteiger partial charge in [-0.2, -0.15) is 0 Å². The minimum absolute atomic E-state index is 0.0486. The highest BCUT2D eigenvalue weighted by Crippen LogP contribution is 2.28. The number of hydrogen-bond acceptors (Lipinski definition) is 5. The van der Waals surface area contributed by atoms with Crippen LogP contribution in [0.2, 0.25) is 0 Å². The molecule has 0 saturated carbocycles. The van der Waals surface area contributed by atoms with E-state index < -0.39 is 0 Å². The molecule has 0 aliphatic rings. The summed E-state index contributed by atoms with van der Waals surface area (Å²) in [6, 6.07) is 11.5. The molecule has 0 N–H and O–H groups in total. The topological polar surface area (TPSA) is 51.9 Å². The van der Waals surface area contributed by atoms with E-state index in [4.69, 9.17) is 13.9 Å². The van der Waals surface area contributed by atoms with E-state index in [-0.39, 0.29) is 5.91 Å². The molecule has 3 aromatic rings. The summed E-state index contributed by atoms with van der Waals surface area (Å²) >= 11 is 1.70. The van der Waals surface area contributed by atoms with Crippen LogP contribution in [0, 0.1) is 0 Å². The van der Waals surface area contributed by atoms with Crippen molar-refractivity contribution in [3.8, 4) is 11.5 Å². The fraction of sp³-hybridized carbons (Fsp3) is 0.227. The van der Waals surface area contributed by atoms with Crippen LogP contribution in [0.5, 0.6) is 11.5 Å². The first-order valence-corrected chi connectivity index (χ1v) is 9.80. The molecule has 0 atom stereocenters. The van der Waals surface area contributed by atoms with E-state index in [0.717, 1.165) is 17.5 Å². The van der Waals surface area contributed by atoms with Crippen molar-refractivity contribution in [3.63, 3.8) is 0 Å². The maximum atomic E-state index is 12.8. The molecule has 6 heteroatoms. The van der Waals surface area contributed by atoms with Crippen molar-refractivity contribution in [2.75, 3.05) is 20.8 Å². The lowest BCUT2D eigenvalue weighted by atomic mass is 10.1. The Balaban J connectivity index is 1.71. The van der Waals surface area contributed by atoms with Gasteiger partial charge in [-0.3, -0.25) is 4.79 Å². The van der Waals surface area contributed by atoms with E-state index in [9.17, 15) is 4.79 Å². The van der Waals surface area contributed by atoms with Gasteiger partial charge in [-0.05, 0) is 47.7 Å². The molecule has 146 valence electrons. The summed E-state index contributed by atoms with van der Waals surface area (Å²) in [5, 5.41) is 2.05. The molecule has 0 unspecified atom stereocenters. The van der Waals surface area contributed by atoms with Gasteiger partial charge in [0.1, 0.15) is 0 Å². The first-order chi connectivity index (χ1) is 13.7. The van der Waals surface area contributed by atoms with Gasteiger partial charge in [0.05, 0.1) is 26.7 Å². The fourth-order valence-electron chi connectivity index (χ4n) is 2.80. The average Bonchev–Trinajstić information content (AvgIpc) is 3.43. The maximum absolute atomic E-state index is 12.8. The molecule has 0 aliphatic carbocycles. The first kappa shape index (κ1) is 19.8. The maximum Gasteiger partial charge on any atom is 0.246 e. The highest BCUT2D eigenvalue weighted by Gasteiger charge is 2.13. The van der Waals surface area contributed by atoms with E-state index in [1.165, 1.54) is 4.88 Å². The molecule has 0 fully saturated rings. The fourth-order valence-corrected chi connectivity index (χ4v) is 3.50. The van der Waals surface area contributed by atoms with Crippen LogP contribution >= 0.6 is 11.3 Å². The Morgan fingerprint density at radius 2 is 2.04 bits per heavy atom. The number of rotatable bonds is 9. The Morgan fingerprint density at radius 3 is 2.71 bits per heavy atom. The van der Waals surface area contributed by atoms with E-state index >= 15 is 0 Å². The van der Waals surface area contributed by atoms with Gasteiger partial charge in [-0.15, -0.1) is 11.3 Å². The van der Waals surface area contributed by atoms with Gasteiger partial charge in [0.2, 0.25) is 5.91 Å². The molecule has 1 aromatic carbocycles. The molecule has 0 spiro atoms. The third-order valence-electron chi connectivity index (χ3n) is 4.30. The highest BCUT2D eigenvalue weighted by atomic mass is 32.1. The van der Waals surface area contributed by atoms with Gasteiger partial charge >= 0.3 is 0 Å². The van der Waals surface area contributed by atoms with Crippen LogP contribution in [-0.2, 0) is 17.8 Å². The molecule has 2 aromatic heterocycles. The third-order valence-corrected chi connectivity index (χ3v) is 5.24. The number of methoxy groups -OCH3 is 2. The molecule has 3 rings (SSSR count). The van der Waals surface area contributed by atoms with Crippen molar-refractivity contribution in [1.29, 1.82) is 0 Å². The Labute approximate surface area is 168 Å². The van der Waals surface area contributed by atoms with Crippen LogP contribution < -0.4 is 9.47 Å². The SMILES string of the molecule is COc1ccc(/C=C/C(=O)N(CCc2cccs2)Cc2ccoc2)cc1OC. The molecule has 28 heavy (non-hydrogen) atoms. The lowest BCUT2D eigenvalue weighted by Crippen LogP contribution is -2.30. The smallest absolute Gasteiger partial charge is 0.246 e. The molecule has 0 saturated heterocycles. The number of benzene rings is 1. The average molecular weight is 397 g/mol. The number of ether oxygens (including phenoxy) is 2. The molecule has 0 radical (unpaired) electrons. The summed E-state index contributed by atoms with van der Waals surface area (Å²) in [5.41, 5.74) is 1.84. The second kappa shape index (κ2) is 9.80. The second-order valence-electron chi connectivity index (χ2n) is 6.17. The number of nitrogens with zero attached hydrogens (tertiary/aromatic N) is 1. The Hall–Kier alpha value is -2.99. The van der Waals surface area contributed by atoms with E-state index in [2.05, 4.69) is 11.4 Å². The summed E-state index contributed by atoms with van der Waals surface area (Å²) in [7, 11) is 3.19. The number of thiophene rings is 1. The number of amides is 1. The largest absolute Gasteiger partial charge is 0.493 e. The van der Waals surface area contributed by atoms with Crippen molar-refractivity contribution in [2.45, 2.75) is 13.0 Å². The molecular formula is C22H23NO4S. The van der Waals surface area contributed by atoms with Gasteiger partial charge < -0.3 is 18.8 Å². The number of carbonyl (C=O) groups excluding carboxylic acids is 1. The van der Waals surface area contributed by atoms with Crippen molar-refractivity contribution in [3.05, 3.63) is 76.4 Å². The monoisotopic (exact) mass is 397 g/mol. The van der Waals surface area contributed by atoms with Crippen molar-refractivity contribution in [2.24, 2.45) is 0 Å². The molecule has 5 nitrogen and oxygen atoms in total. The van der Waals surface area contributed by atoms with Crippen LogP contribution in [0.15, 0.2) is 64.8 Å². The number of furan rings is 1. The molecular weight excluding hydrogens is 374 g/mol. The highest BCUT2D eigenvalue weighted by molar-refractivity contribution is 7.09. The summed E-state index contributed by atoms with van der Waals surface area (Å²) in [4.78, 5) is 15.9. The van der Waals surface area contributed by atoms with Crippen LogP contribution in [0.1, 0.15) is 16.0 Å². The molecule has 1 amide bonds. The standard InChI is InChI=1S/C22H23NO4S/c1-25-20-7-5-17(14-21(20)26-2)6-8-22(24)23(15-18-10-12-27-16-18)11-9-19-4-3-13-28-19/h3-8,10,12-14,16H,9,11,15H2,1-2H3/b8-6+. The third kappa shape index (κ3) is 5.27. The summed E-state index contributed by atoms with van der Waals surface area (Å²) in [6.45, 7) is 1.15. The zero-order chi connectivity index (χ0) is 19.8. The van der Waals surface area contributed by atoms with Gasteiger partial charge in [0, 0.05) is 29.6 Å². The van der Waals surface area contributed by atoms with E-state index in [0.29, 0.717) is 24.6 Å². The predicted molar refractivity (Wildman–Crippen MR) is 111 cm³/mol. The molecule has 0 aliphatic heterocycles. The van der Waals surface area contributed by atoms with Gasteiger partial charge in [0.25, 0.3) is 0 Å². The lowest BCUT2D eigenvalue weighted by Gasteiger charge is -2.20. The zero-order valence-corrected chi connectivity index (χ0v) is 16.8. The van der Waals surface area contributed by atoms with Crippen molar-refractivity contribution >= 4 is 23.3 Å². The van der Waals surface area contributed by atoms with E-state index in [1.807, 2.05) is 35.2 Å². The summed E-state index contributed by atoms with van der Waals surface area (Å²) in [6.07, 6.45) is 7.50. The normalized spacial score (nSPS) is 10.9. The summed E-state index contributed by atoms with van der Waals surface area (Å²) < 4.78 is 15.7. The Kier molecular flexibility index (Phi) is 6.92. The lowest BCUT2D eigenvalue weighted by molar-refractivity contribution is -0.126. The van der Waals surface area contributed by atoms with Crippen molar-refractivity contribution < 1.29 is 18.7 Å². The Morgan fingerprint density at radius 1 is 1.18 bits per heavy atom. The number of carbonyl (C=O) groups is 1. The predicted octanol–water partition coefficient (Wildman–Crippen LogP) is 4.64. The van der Waals surface area contributed by atoms with Gasteiger partial charge in [0.15, 0.2) is 11.5 Å². The molecule has 0 bridgehead atoms. The zero-order valence-electron chi connectivity index (χ0n) is 16.0. The summed E-state index contributed by atoms with van der Waals surface area (Å²) in [5.74, 6) is 1.24. The molecule has 2 heterocycles. The Bertz CT molecular complexity index is 901. The van der Waals surface area contributed by atoms with Gasteiger partial charge in [-0.25, -0.2) is 0 Å². The van der Waals surface area contributed by atoms with Crippen LogP contribution in [0.4, 0.5) is 0 Å². The van der Waals surface area contributed by atoms with Gasteiger partial charge in [-0.1, -0.05) is 12.1 Å². The van der Waals surface area contributed by atoms with E-state index in [1.54, 1.807) is 50.2 Å². The quantitative estimate of drug-likeness (QED) is 0.494. The van der Waals surface area contributed by atoms with Crippen LogP contribution in [0.3, 0.4) is 0 Å². The number of hydrogen-bond donors (Lipinski definition) is 0. The van der Waals surface area contributed by atoms with Crippen LogP contribution in [0.25, 0.3) is 6.08 Å². The van der Waals surface area contributed by atoms with Crippen molar-refractivity contribution in [1.82, 2.24) is 4.90 Å². The van der Waals surface area contributed by atoms with Crippen LogP contribution in [-0.4, -0.2) is 31.6 Å². The first-order valence-electron chi connectivity index (χ1n) is 8.92. The second-order valence-corrected chi connectivity index (χ2v) is 7.20.